The van der Waals surface area contributed by atoms with Gasteiger partial charge in [0.1, 0.15) is 23.0 Å². The molecule has 8 nitrogen and oxygen atoms in total. The second kappa shape index (κ2) is 7.97. The van der Waals surface area contributed by atoms with Gasteiger partial charge >= 0.3 is 0 Å². The number of rotatable bonds is 3. The number of aliphatic hydroxyl groups excluding tert-OH is 2. The first-order valence-corrected chi connectivity index (χ1v) is 10.1. The van der Waals surface area contributed by atoms with Gasteiger partial charge in [0.05, 0.1) is 22.8 Å². The molecule has 0 spiro atoms. The molecule has 164 valence electrons. The Labute approximate surface area is 184 Å². The van der Waals surface area contributed by atoms with Gasteiger partial charge in [0.2, 0.25) is 0 Å². The number of allylic oxidation sites excluding steroid dienone is 2. The fourth-order valence-electron chi connectivity index (χ4n) is 3.49. The van der Waals surface area contributed by atoms with E-state index in [4.69, 9.17) is 0 Å². The first-order valence-electron chi connectivity index (χ1n) is 10.1. The van der Waals surface area contributed by atoms with Crippen LogP contribution in [0.1, 0.15) is 23.9 Å². The van der Waals surface area contributed by atoms with Crippen LogP contribution in [-0.4, -0.2) is 46.6 Å². The van der Waals surface area contributed by atoms with Crippen LogP contribution >= 0.6 is 0 Å². The fourth-order valence-corrected chi connectivity index (χ4v) is 3.49. The normalized spacial score (nSPS) is 18.2. The van der Waals surface area contributed by atoms with Gasteiger partial charge in [0.25, 0.3) is 0 Å². The van der Waals surface area contributed by atoms with E-state index in [-0.39, 0.29) is 51.6 Å². The van der Waals surface area contributed by atoms with Crippen LogP contribution in [0.2, 0.25) is 0 Å². The number of aromatic nitrogens is 3. The largest absolute Gasteiger partial charge is 0.511 e. The maximum absolute atomic E-state index is 10.7. The number of hydrogen-bond acceptors (Lipinski definition) is 8. The third-order valence-corrected chi connectivity index (χ3v) is 5.68. The van der Waals surface area contributed by atoms with E-state index >= 15 is 0 Å². The molecule has 1 aromatic heterocycles. The summed E-state index contributed by atoms with van der Waals surface area (Å²) in [6, 6.07) is 8.06. The van der Waals surface area contributed by atoms with Crippen LogP contribution in [0.15, 0.2) is 48.2 Å². The number of aryl methyl sites for hydroxylation is 1. The molecule has 0 amide bonds. The molecule has 2 atom stereocenters. The van der Waals surface area contributed by atoms with E-state index in [9.17, 15) is 25.5 Å². The number of phenolic OH excluding ortho intramolecular Hbond substituents is 3. The van der Waals surface area contributed by atoms with Crippen molar-refractivity contribution in [2.45, 2.75) is 26.9 Å². The summed E-state index contributed by atoms with van der Waals surface area (Å²) in [5.74, 6) is -0.551. The molecular formula is C24H23N3O5. The summed E-state index contributed by atoms with van der Waals surface area (Å²) < 4.78 is 0. The van der Waals surface area contributed by atoms with Crippen molar-refractivity contribution in [3.8, 4) is 40.0 Å². The highest BCUT2D eigenvalue weighted by molar-refractivity contribution is 5.77. The highest BCUT2D eigenvalue weighted by atomic mass is 16.3. The monoisotopic (exact) mass is 433 g/mol. The lowest BCUT2D eigenvalue weighted by Gasteiger charge is -2.21. The van der Waals surface area contributed by atoms with Crippen LogP contribution in [0.5, 0.6) is 17.2 Å². The molecule has 8 heteroatoms. The number of aliphatic hydroxyl groups is 2. The number of nitrogens with zero attached hydrogens (tertiary/aromatic N) is 3. The second-order valence-electron chi connectivity index (χ2n) is 7.82. The summed E-state index contributed by atoms with van der Waals surface area (Å²) in [6.07, 6.45) is 2.22. The molecule has 5 N–H and O–H groups in total. The first kappa shape index (κ1) is 21.3. The lowest BCUT2D eigenvalue weighted by atomic mass is 9.92. The molecule has 2 aromatic carbocycles. The van der Waals surface area contributed by atoms with Crippen molar-refractivity contribution in [1.29, 1.82) is 0 Å². The Hall–Kier alpha value is -3.91. The van der Waals surface area contributed by atoms with Gasteiger partial charge in [-0.3, -0.25) is 0 Å². The van der Waals surface area contributed by atoms with Crippen LogP contribution in [-0.2, 0) is 0 Å². The second-order valence-corrected chi connectivity index (χ2v) is 7.82. The molecule has 0 fully saturated rings. The van der Waals surface area contributed by atoms with Gasteiger partial charge in [-0.05, 0) is 43.7 Å². The Balaban J connectivity index is 2.00. The van der Waals surface area contributed by atoms with Crippen LogP contribution in [0, 0.1) is 19.8 Å². The van der Waals surface area contributed by atoms with Gasteiger partial charge in [-0.1, -0.05) is 25.1 Å². The minimum atomic E-state index is -0.843. The van der Waals surface area contributed by atoms with Crippen LogP contribution in [0.4, 0.5) is 0 Å². The van der Waals surface area contributed by atoms with E-state index in [0.717, 1.165) is 0 Å². The molecule has 32 heavy (non-hydrogen) atoms. The molecule has 3 aromatic rings. The van der Waals surface area contributed by atoms with Crippen molar-refractivity contribution < 1.29 is 25.5 Å². The zero-order chi connectivity index (χ0) is 23.2. The number of para-hydroxylation sites is 1. The quantitative estimate of drug-likeness (QED) is 0.420. The predicted octanol–water partition coefficient (Wildman–Crippen LogP) is 3.78. The van der Waals surface area contributed by atoms with Gasteiger partial charge in [0, 0.05) is 11.5 Å². The summed E-state index contributed by atoms with van der Waals surface area (Å²) in [6.45, 7) is 4.98. The van der Waals surface area contributed by atoms with E-state index < -0.39 is 12.0 Å². The zero-order valence-corrected chi connectivity index (χ0v) is 17.8. The molecule has 0 bridgehead atoms. The average molecular weight is 433 g/mol. The molecule has 0 saturated heterocycles. The Morgan fingerprint density at radius 2 is 1.41 bits per heavy atom. The van der Waals surface area contributed by atoms with Crippen LogP contribution in [0.25, 0.3) is 28.3 Å². The fraction of sp³-hybridized carbons (Fsp3) is 0.208. The van der Waals surface area contributed by atoms with Crippen molar-refractivity contribution in [3.05, 3.63) is 65.2 Å². The number of phenols is 3. The summed E-state index contributed by atoms with van der Waals surface area (Å²) in [4.78, 5) is 13.4. The Bertz CT molecular complexity index is 1280. The van der Waals surface area contributed by atoms with Gasteiger partial charge in [-0.25, -0.2) is 15.0 Å². The van der Waals surface area contributed by atoms with Gasteiger partial charge in [-0.15, -0.1) is 0 Å². The first-order chi connectivity index (χ1) is 15.2. The third kappa shape index (κ3) is 3.54. The van der Waals surface area contributed by atoms with E-state index in [2.05, 4.69) is 15.0 Å². The minimum absolute atomic E-state index is 0.00267. The number of aromatic hydroxyl groups is 3. The standard InChI is InChI=1S/C24H23N3O5/c1-11-5-4-6-14(19(11)30)22-25-23(15-7-9-17(28)12(2)20(15)31)27-24(26-22)16-8-10-18(29)13(3)21(16)32/h4-10,12,17,28-32H,1-3H3. The number of hydrogen-bond donors (Lipinski definition) is 5. The summed E-state index contributed by atoms with van der Waals surface area (Å²) in [5, 5.41) is 51.8. The smallest absolute Gasteiger partial charge is 0.167 e. The third-order valence-electron chi connectivity index (χ3n) is 5.68. The van der Waals surface area contributed by atoms with E-state index in [1.807, 2.05) is 0 Å². The molecule has 1 heterocycles. The van der Waals surface area contributed by atoms with Gasteiger partial charge < -0.3 is 25.5 Å². The highest BCUT2D eigenvalue weighted by Gasteiger charge is 2.26. The van der Waals surface area contributed by atoms with Crippen LogP contribution < -0.4 is 0 Å². The predicted molar refractivity (Wildman–Crippen MR) is 119 cm³/mol. The van der Waals surface area contributed by atoms with E-state index in [1.54, 1.807) is 39.0 Å². The van der Waals surface area contributed by atoms with Crippen molar-refractivity contribution in [2.24, 2.45) is 5.92 Å². The Kier molecular flexibility index (Phi) is 5.31. The maximum atomic E-state index is 10.7. The molecular weight excluding hydrogens is 410 g/mol. The lowest BCUT2D eigenvalue weighted by Crippen LogP contribution is -2.21. The molecule has 2 unspecified atom stereocenters. The highest BCUT2D eigenvalue weighted by Crippen LogP contribution is 2.38. The van der Waals surface area contributed by atoms with Crippen molar-refractivity contribution in [1.82, 2.24) is 15.0 Å². The Morgan fingerprint density at radius 3 is 2.09 bits per heavy atom. The maximum Gasteiger partial charge on any atom is 0.167 e. The van der Waals surface area contributed by atoms with Crippen molar-refractivity contribution in [3.63, 3.8) is 0 Å². The minimum Gasteiger partial charge on any atom is -0.511 e. The zero-order valence-electron chi connectivity index (χ0n) is 17.8. The van der Waals surface area contributed by atoms with E-state index in [1.165, 1.54) is 24.3 Å². The molecule has 0 saturated carbocycles. The summed E-state index contributed by atoms with van der Waals surface area (Å²) >= 11 is 0. The van der Waals surface area contributed by atoms with Gasteiger partial charge in [0.15, 0.2) is 17.5 Å². The molecule has 1 aliphatic carbocycles. The topological polar surface area (TPSA) is 140 Å². The number of benzene rings is 2. The van der Waals surface area contributed by atoms with Crippen molar-refractivity contribution >= 4 is 5.57 Å². The summed E-state index contributed by atoms with van der Waals surface area (Å²) in [7, 11) is 0. The lowest BCUT2D eigenvalue weighted by molar-refractivity contribution is 0.149. The SMILES string of the molecule is Cc1cccc(-c2nc(C3=C(O)C(C)C(O)C=C3)nc(-c3ccc(O)c(C)c3O)n2)c1O. The molecule has 0 radical (unpaired) electrons. The molecule has 0 aliphatic heterocycles. The Morgan fingerprint density at radius 1 is 0.781 bits per heavy atom. The molecule has 4 rings (SSSR count). The van der Waals surface area contributed by atoms with Gasteiger partial charge in [-0.2, -0.15) is 0 Å². The average Bonchev–Trinajstić information content (AvgIpc) is 2.77. The van der Waals surface area contributed by atoms with Crippen LogP contribution in [0.3, 0.4) is 0 Å². The molecule has 1 aliphatic rings. The summed E-state index contributed by atoms with van der Waals surface area (Å²) in [5.41, 5.74) is 1.81. The van der Waals surface area contributed by atoms with Crippen molar-refractivity contribution in [2.75, 3.05) is 0 Å². The van der Waals surface area contributed by atoms with E-state index in [0.29, 0.717) is 16.7 Å².